The van der Waals surface area contributed by atoms with Crippen LogP contribution in [0.15, 0.2) is 71.3 Å². The van der Waals surface area contributed by atoms with Crippen LogP contribution in [0.3, 0.4) is 0 Å². The van der Waals surface area contributed by atoms with E-state index < -0.39 is 18.0 Å². The number of hydrogen-bond acceptors (Lipinski definition) is 5. The molecule has 0 aliphatic carbocycles. The number of carboxylic acids is 1. The average molecular weight is 503 g/mol. The number of amides is 1. The highest BCUT2D eigenvalue weighted by atomic mass is 19.1. The summed E-state index contributed by atoms with van der Waals surface area (Å²) >= 11 is 0. The molecule has 0 spiro atoms. The number of benzene rings is 3. The molecule has 1 heterocycles. The summed E-state index contributed by atoms with van der Waals surface area (Å²) in [6.07, 6.45) is -0.431. The van der Waals surface area contributed by atoms with E-state index >= 15 is 0 Å². The van der Waals surface area contributed by atoms with Gasteiger partial charge in [-0.15, -0.1) is 0 Å². The van der Waals surface area contributed by atoms with Crippen molar-refractivity contribution in [1.82, 2.24) is 5.16 Å². The van der Waals surface area contributed by atoms with Gasteiger partial charge >= 0.3 is 12.1 Å². The Balaban J connectivity index is 1.47. The normalized spacial score (nSPS) is 11.7. The average Bonchev–Trinajstić information content (AvgIpc) is 3.24. The summed E-state index contributed by atoms with van der Waals surface area (Å²) in [6.45, 7) is 5.34. The molecule has 1 atom stereocenters. The molecule has 0 saturated carbocycles. The Kier molecular flexibility index (Phi) is 7.67. The highest BCUT2D eigenvalue weighted by Gasteiger charge is 2.19. The van der Waals surface area contributed by atoms with E-state index in [1.807, 2.05) is 49.4 Å². The number of ether oxygens (including phenoxy) is 1. The predicted octanol–water partition coefficient (Wildman–Crippen LogP) is 6.74. The fourth-order valence-corrected chi connectivity index (χ4v) is 4.03. The van der Waals surface area contributed by atoms with E-state index in [1.165, 1.54) is 6.07 Å². The van der Waals surface area contributed by atoms with Crippen LogP contribution in [0.25, 0.3) is 22.5 Å². The largest absolute Gasteiger partial charge is 0.481 e. The lowest BCUT2D eigenvalue weighted by Crippen LogP contribution is -2.16. The van der Waals surface area contributed by atoms with E-state index in [0.29, 0.717) is 22.7 Å². The van der Waals surface area contributed by atoms with Crippen molar-refractivity contribution >= 4 is 17.7 Å². The van der Waals surface area contributed by atoms with Crippen molar-refractivity contribution in [3.63, 3.8) is 0 Å². The van der Waals surface area contributed by atoms with Crippen LogP contribution >= 0.6 is 0 Å². The highest BCUT2D eigenvalue weighted by Crippen LogP contribution is 2.34. The van der Waals surface area contributed by atoms with Gasteiger partial charge in [0.1, 0.15) is 17.2 Å². The lowest BCUT2D eigenvalue weighted by Gasteiger charge is -2.11. The maximum Gasteiger partial charge on any atom is 0.411 e. The third kappa shape index (κ3) is 5.86. The molecule has 0 fully saturated rings. The number of aryl methyl sites for hydroxylation is 2. The van der Waals surface area contributed by atoms with Crippen LogP contribution in [0.1, 0.15) is 35.2 Å². The molecule has 1 amide bonds. The highest BCUT2D eigenvalue weighted by molar-refractivity contribution is 5.91. The standard InChI is InChI=1S/C29H27FN2O5/c1-17-16-23(12-13-24(17)21-10-8-20(9-11-21)18(2)28(33)34)27-26(19(3)32-37-27)31-29(35)36-15-14-22-6-4-5-7-25(22)30/h4-13,16,18H,14-15H2,1-3H3,(H,31,35)(H,33,34)/t18-/m1/s1. The first kappa shape index (κ1) is 25.6. The van der Waals surface area contributed by atoms with Crippen molar-refractivity contribution in [1.29, 1.82) is 0 Å². The maximum atomic E-state index is 13.8. The van der Waals surface area contributed by atoms with E-state index in [2.05, 4.69) is 10.5 Å². The van der Waals surface area contributed by atoms with Gasteiger partial charge < -0.3 is 14.4 Å². The van der Waals surface area contributed by atoms with Crippen LogP contribution in [0.5, 0.6) is 0 Å². The molecule has 1 aromatic heterocycles. The number of rotatable bonds is 8. The molecule has 8 heteroatoms. The molecule has 0 aliphatic heterocycles. The molecule has 0 aliphatic rings. The number of carboxylic acid groups (broad SMARTS) is 1. The van der Waals surface area contributed by atoms with Gasteiger partial charge in [0.05, 0.1) is 12.5 Å². The van der Waals surface area contributed by atoms with Crippen LogP contribution in [0.4, 0.5) is 14.9 Å². The summed E-state index contributed by atoms with van der Waals surface area (Å²) in [5, 5.41) is 15.9. The van der Waals surface area contributed by atoms with E-state index in [9.17, 15) is 19.1 Å². The quantitative estimate of drug-likeness (QED) is 0.277. The van der Waals surface area contributed by atoms with Crippen LogP contribution in [-0.4, -0.2) is 28.9 Å². The second-order valence-electron chi connectivity index (χ2n) is 8.79. The third-order valence-electron chi connectivity index (χ3n) is 6.23. The van der Waals surface area contributed by atoms with Crippen LogP contribution in [0.2, 0.25) is 0 Å². The van der Waals surface area contributed by atoms with Crippen molar-refractivity contribution in [3.8, 4) is 22.5 Å². The molecule has 2 N–H and O–H groups in total. The second-order valence-corrected chi connectivity index (χ2v) is 8.79. The lowest BCUT2D eigenvalue weighted by molar-refractivity contribution is -0.138. The number of carbonyl (C=O) groups excluding carboxylic acids is 1. The molecule has 0 radical (unpaired) electrons. The van der Waals surface area contributed by atoms with Crippen molar-refractivity contribution in [2.75, 3.05) is 11.9 Å². The summed E-state index contributed by atoms with van der Waals surface area (Å²) in [5.41, 5.74) is 5.72. The molecule has 37 heavy (non-hydrogen) atoms. The van der Waals surface area contributed by atoms with E-state index in [1.54, 1.807) is 32.0 Å². The van der Waals surface area contributed by atoms with Crippen molar-refractivity contribution < 1.29 is 28.3 Å². The van der Waals surface area contributed by atoms with Crippen LogP contribution in [-0.2, 0) is 16.0 Å². The van der Waals surface area contributed by atoms with Gasteiger partial charge in [0, 0.05) is 12.0 Å². The van der Waals surface area contributed by atoms with Gasteiger partial charge in [-0.25, -0.2) is 9.18 Å². The second kappa shape index (κ2) is 11.1. The number of aliphatic carboxylic acids is 1. The fourth-order valence-electron chi connectivity index (χ4n) is 4.03. The minimum absolute atomic E-state index is 0.0181. The molecule has 4 rings (SSSR count). The number of nitrogens with zero attached hydrogens (tertiary/aromatic N) is 1. The van der Waals surface area contributed by atoms with Gasteiger partial charge in [0.15, 0.2) is 5.76 Å². The molecular formula is C29H27FN2O5. The Labute approximate surface area is 213 Å². The minimum Gasteiger partial charge on any atom is -0.481 e. The Morgan fingerprint density at radius 2 is 1.76 bits per heavy atom. The first-order valence-corrected chi connectivity index (χ1v) is 11.8. The SMILES string of the molecule is Cc1cc(-c2onc(C)c2NC(=O)OCCc2ccccc2F)ccc1-c1ccc([C@@H](C)C(=O)O)cc1. The summed E-state index contributed by atoms with van der Waals surface area (Å²) in [5.74, 6) is -1.39. The molecule has 4 aromatic rings. The summed E-state index contributed by atoms with van der Waals surface area (Å²) in [6, 6.07) is 19.5. The number of anilines is 1. The maximum absolute atomic E-state index is 13.8. The van der Waals surface area contributed by atoms with E-state index in [0.717, 1.165) is 27.8 Å². The smallest absolute Gasteiger partial charge is 0.411 e. The van der Waals surface area contributed by atoms with Crippen LogP contribution < -0.4 is 5.32 Å². The zero-order chi connectivity index (χ0) is 26.5. The number of halogens is 1. The predicted molar refractivity (Wildman–Crippen MR) is 138 cm³/mol. The molecule has 0 bridgehead atoms. The Morgan fingerprint density at radius 3 is 2.43 bits per heavy atom. The van der Waals surface area contributed by atoms with Gasteiger partial charge in [0.2, 0.25) is 0 Å². The molecule has 190 valence electrons. The number of nitrogens with one attached hydrogen (secondary N) is 1. The third-order valence-corrected chi connectivity index (χ3v) is 6.23. The minimum atomic E-state index is -0.867. The number of aromatic nitrogens is 1. The van der Waals surface area contributed by atoms with Gasteiger partial charge in [-0.2, -0.15) is 0 Å². The summed E-state index contributed by atoms with van der Waals surface area (Å²) < 4.78 is 24.5. The summed E-state index contributed by atoms with van der Waals surface area (Å²) in [4.78, 5) is 23.6. The molecule has 7 nitrogen and oxygen atoms in total. The van der Waals surface area contributed by atoms with Crippen molar-refractivity contribution in [3.05, 3.63) is 94.9 Å². The van der Waals surface area contributed by atoms with Gasteiger partial charge in [-0.1, -0.05) is 59.8 Å². The van der Waals surface area contributed by atoms with E-state index in [4.69, 9.17) is 9.26 Å². The Hall–Kier alpha value is -4.46. The lowest BCUT2D eigenvalue weighted by atomic mass is 9.94. The molecule has 0 saturated heterocycles. The van der Waals surface area contributed by atoms with Gasteiger partial charge in [-0.3, -0.25) is 10.1 Å². The van der Waals surface area contributed by atoms with E-state index in [-0.39, 0.29) is 18.8 Å². The topological polar surface area (TPSA) is 102 Å². The number of hydrogen-bond donors (Lipinski definition) is 2. The number of carbonyl (C=O) groups is 2. The first-order chi connectivity index (χ1) is 17.7. The molecule has 3 aromatic carbocycles. The first-order valence-electron chi connectivity index (χ1n) is 11.8. The molecule has 0 unspecified atom stereocenters. The van der Waals surface area contributed by atoms with Crippen molar-refractivity contribution in [2.45, 2.75) is 33.1 Å². The van der Waals surface area contributed by atoms with Crippen molar-refractivity contribution in [2.24, 2.45) is 0 Å². The molecular weight excluding hydrogens is 475 g/mol. The Morgan fingerprint density at radius 1 is 1.05 bits per heavy atom. The fraction of sp³-hybridized carbons (Fsp3) is 0.207. The zero-order valence-corrected chi connectivity index (χ0v) is 20.7. The monoisotopic (exact) mass is 502 g/mol. The van der Waals surface area contributed by atoms with Gasteiger partial charge in [0.25, 0.3) is 0 Å². The Bertz CT molecular complexity index is 1430. The van der Waals surface area contributed by atoms with Gasteiger partial charge in [-0.05, 0) is 60.7 Å². The zero-order valence-electron chi connectivity index (χ0n) is 20.7. The van der Waals surface area contributed by atoms with Crippen LogP contribution in [0, 0.1) is 19.7 Å². The summed E-state index contributed by atoms with van der Waals surface area (Å²) in [7, 11) is 0.